The van der Waals surface area contributed by atoms with Gasteiger partial charge in [-0.3, -0.25) is 0 Å². The summed E-state index contributed by atoms with van der Waals surface area (Å²) in [5.74, 6) is 0. The van der Waals surface area contributed by atoms with Crippen LogP contribution >= 0.6 is 0 Å². The molecule has 0 aromatic carbocycles. The second-order valence-electron chi connectivity index (χ2n) is 3.01. The Balaban J connectivity index is 2.71. The molecule has 0 aliphatic carbocycles. The van der Waals surface area contributed by atoms with E-state index >= 15 is 0 Å². The van der Waals surface area contributed by atoms with Crippen LogP contribution in [-0.4, -0.2) is 60.1 Å². The molecule has 6 heteroatoms. The van der Waals surface area contributed by atoms with Crippen molar-refractivity contribution in [1.82, 2.24) is 0 Å². The summed E-state index contributed by atoms with van der Waals surface area (Å²) in [6.07, 6.45) is -2.20. The zero-order valence-corrected chi connectivity index (χ0v) is 6.55. The Morgan fingerprint density at radius 2 is 2.17 bits per heavy atom. The summed E-state index contributed by atoms with van der Waals surface area (Å²) < 4.78 is 4.86. The van der Waals surface area contributed by atoms with Crippen LogP contribution in [0.4, 0.5) is 0 Å². The van der Waals surface area contributed by atoms with Crippen LogP contribution in [-0.2, 0) is 4.74 Å². The largest absolute Gasteiger partial charge is 0.394 e. The highest BCUT2D eigenvalue weighted by Crippen LogP contribution is 2.21. The van der Waals surface area contributed by atoms with Gasteiger partial charge in [0.25, 0.3) is 0 Å². The maximum Gasteiger partial charge on any atom is 0.120 e. The summed E-state index contributed by atoms with van der Waals surface area (Å²) >= 11 is 0. The van der Waals surface area contributed by atoms with Gasteiger partial charge in [-0.2, -0.15) is 0 Å². The van der Waals surface area contributed by atoms with Gasteiger partial charge in [-0.1, -0.05) is 0 Å². The number of hydrogen-bond donors (Lipinski definition) is 4. The Morgan fingerprint density at radius 1 is 1.58 bits per heavy atom. The molecule has 2 radical (unpaired) electrons. The first kappa shape index (κ1) is 9.95. The number of nitrogens with two attached hydrogens (primary N) is 1. The number of rotatable bonds is 1. The van der Waals surface area contributed by atoms with E-state index in [2.05, 4.69) is 0 Å². The first-order chi connectivity index (χ1) is 5.51. The quantitative estimate of drug-likeness (QED) is 0.315. The molecule has 5 nitrogen and oxygen atoms in total. The third-order valence-corrected chi connectivity index (χ3v) is 2.08. The topological polar surface area (TPSA) is 95.9 Å². The fourth-order valence-corrected chi connectivity index (χ4v) is 1.11. The summed E-state index contributed by atoms with van der Waals surface area (Å²) in [5, 5.41) is 27.3. The van der Waals surface area contributed by atoms with Crippen LogP contribution in [0, 0.1) is 0 Å². The van der Waals surface area contributed by atoms with E-state index in [1.54, 1.807) is 0 Å². The molecule has 1 rings (SSSR count). The van der Waals surface area contributed by atoms with E-state index in [-0.39, 0.29) is 6.61 Å². The van der Waals surface area contributed by atoms with Gasteiger partial charge in [0.1, 0.15) is 7.85 Å². The minimum absolute atomic E-state index is 0.0741. The first-order valence-electron chi connectivity index (χ1n) is 3.66. The van der Waals surface area contributed by atoms with Gasteiger partial charge in [0, 0.05) is 0 Å². The summed E-state index contributed by atoms with van der Waals surface area (Å²) in [7, 11) is 5.44. The molecule has 0 amide bonds. The van der Waals surface area contributed by atoms with E-state index in [4.69, 9.17) is 28.5 Å². The summed E-state index contributed by atoms with van der Waals surface area (Å²) in [6.45, 7) is -0.607. The van der Waals surface area contributed by atoms with Crippen molar-refractivity contribution in [3.63, 3.8) is 0 Å². The number of hydrogen-bond acceptors (Lipinski definition) is 5. The molecule has 68 valence electrons. The summed E-state index contributed by atoms with van der Waals surface area (Å²) in [4.78, 5) is 0. The minimum atomic E-state index is -1.54. The molecule has 1 heterocycles. The molecule has 0 bridgehead atoms. The second-order valence-corrected chi connectivity index (χ2v) is 3.01. The van der Waals surface area contributed by atoms with Crippen molar-refractivity contribution in [2.75, 3.05) is 13.2 Å². The average Bonchev–Trinajstić information content (AvgIpc) is 2.09. The van der Waals surface area contributed by atoms with Crippen molar-refractivity contribution >= 4 is 7.85 Å². The van der Waals surface area contributed by atoms with Crippen LogP contribution in [0.25, 0.3) is 0 Å². The fraction of sp³-hybridized carbons (Fsp3) is 1.00. The van der Waals surface area contributed by atoms with Crippen LogP contribution in [0.3, 0.4) is 0 Å². The van der Waals surface area contributed by atoms with Crippen molar-refractivity contribution < 1.29 is 20.1 Å². The van der Waals surface area contributed by atoms with Gasteiger partial charge in [0.05, 0.1) is 37.0 Å². The molecule has 12 heavy (non-hydrogen) atoms. The smallest absolute Gasteiger partial charge is 0.120 e. The highest BCUT2D eigenvalue weighted by atomic mass is 16.5. The Bertz CT molecular complexity index is 170. The zero-order valence-electron chi connectivity index (χ0n) is 6.55. The van der Waals surface area contributed by atoms with E-state index in [1.807, 2.05) is 0 Å². The first-order valence-corrected chi connectivity index (χ1v) is 3.66. The van der Waals surface area contributed by atoms with Gasteiger partial charge in [0.15, 0.2) is 0 Å². The average molecular weight is 173 g/mol. The van der Waals surface area contributed by atoms with Crippen molar-refractivity contribution in [3.8, 4) is 0 Å². The van der Waals surface area contributed by atoms with Gasteiger partial charge in [0.2, 0.25) is 0 Å². The Morgan fingerprint density at radius 3 is 2.67 bits per heavy atom. The van der Waals surface area contributed by atoms with Crippen molar-refractivity contribution in [2.24, 2.45) is 5.73 Å². The summed E-state index contributed by atoms with van der Waals surface area (Å²) in [6, 6.07) is -0.879. The molecule has 5 N–H and O–H groups in total. The zero-order chi connectivity index (χ0) is 9.35. The van der Waals surface area contributed by atoms with Crippen LogP contribution in [0.15, 0.2) is 0 Å². The van der Waals surface area contributed by atoms with Crippen LogP contribution in [0.1, 0.15) is 0 Å². The van der Waals surface area contributed by atoms with E-state index in [9.17, 15) is 5.11 Å². The van der Waals surface area contributed by atoms with Gasteiger partial charge >= 0.3 is 0 Å². The molecule has 0 saturated carbocycles. The summed E-state index contributed by atoms with van der Waals surface area (Å²) in [5.41, 5.74) is 3.86. The maximum absolute atomic E-state index is 9.37. The lowest BCUT2D eigenvalue weighted by Gasteiger charge is -2.43. The molecule has 1 saturated heterocycles. The van der Waals surface area contributed by atoms with Gasteiger partial charge in [-0.15, -0.1) is 0 Å². The molecule has 0 spiro atoms. The standard InChI is InChI=1S/C6H12BNO4/c7-6(2-9)5(11)4(8)3(10)1-12-6/h3-5,9-11H,1-2,8H2/t3?,4-,5-,6?/m0/s1. The second kappa shape index (κ2) is 3.31. The van der Waals surface area contributed by atoms with Crippen molar-refractivity contribution in [3.05, 3.63) is 0 Å². The molecular weight excluding hydrogens is 161 g/mol. The lowest BCUT2D eigenvalue weighted by molar-refractivity contribution is -0.170. The van der Waals surface area contributed by atoms with E-state index in [0.717, 1.165) is 0 Å². The highest BCUT2D eigenvalue weighted by Gasteiger charge is 2.44. The third-order valence-electron chi connectivity index (χ3n) is 2.08. The van der Waals surface area contributed by atoms with Gasteiger partial charge in [-0.25, -0.2) is 0 Å². The molecule has 1 aliphatic rings. The van der Waals surface area contributed by atoms with Crippen LogP contribution < -0.4 is 5.73 Å². The van der Waals surface area contributed by atoms with Crippen molar-refractivity contribution in [2.45, 2.75) is 23.8 Å². The molecule has 1 fully saturated rings. The monoisotopic (exact) mass is 173 g/mol. The Kier molecular flexibility index (Phi) is 2.75. The maximum atomic E-state index is 9.37. The molecule has 0 aromatic rings. The predicted molar refractivity (Wildman–Crippen MR) is 41.5 cm³/mol. The van der Waals surface area contributed by atoms with Gasteiger partial charge in [-0.05, 0) is 0 Å². The molecule has 0 aromatic heterocycles. The predicted octanol–water partition coefficient (Wildman–Crippen LogP) is -3.08. The lowest BCUT2D eigenvalue weighted by atomic mass is 9.72. The van der Waals surface area contributed by atoms with E-state index < -0.39 is 30.4 Å². The van der Waals surface area contributed by atoms with E-state index in [1.165, 1.54) is 0 Å². The molecule has 4 atom stereocenters. The van der Waals surface area contributed by atoms with Crippen LogP contribution in [0.2, 0.25) is 0 Å². The van der Waals surface area contributed by atoms with Crippen LogP contribution in [0.5, 0.6) is 0 Å². The normalized spacial score (nSPS) is 49.2. The Labute approximate surface area is 71.5 Å². The lowest BCUT2D eigenvalue weighted by Crippen LogP contribution is -2.65. The number of ether oxygens (including phenoxy) is 1. The Hall–Kier alpha value is -0.135. The minimum Gasteiger partial charge on any atom is -0.394 e. The number of aliphatic hydroxyl groups is 3. The molecule has 1 aliphatic heterocycles. The van der Waals surface area contributed by atoms with Gasteiger partial charge < -0.3 is 25.8 Å². The molecular formula is C6H12BNO4. The van der Waals surface area contributed by atoms with E-state index in [0.29, 0.717) is 0 Å². The SMILES string of the molecule is [B]C1(CO)OCC(O)[C@H](N)[C@@H]1O. The third kappa shape index (κ3) is 1.48. The number of aliphatic hydroxyl groups excluding tert-OH is 3. The molecule has 2 unspecified atom stereocenters. The fourth-order valence-electron chi connectivity index (χ4n) is 1.11. The highest BCUT2D eigenvalue weighted by molar-refractivity contribution is 6.15. The van der Waals surface area contributed by atoms with Crippen molar-refractivity contribution in [1.29, 1.82) is 0 Å².